The highest BCUT2D eigenvalue weighted by Crippen LogP contribution is 2.19. The Morgan fingerprint density at radius 1 is 1.00 bits per heavy atom. The molecule has 0 aliphatic heterocycles. The van der Waals surface area contributed by atoms with Crippen molar-refractivity contribution in [2.24, 2.45) is 0 Å². The van der Waals surface area contributed by atoms with Gasteiger partial charge in [-0.15, -0.1) is 0 Å². The van der Waals surface area contributed by atoms with E-state index in [2.05, 4.69) is 20.0 Å². The molecule has 0 aliphatic carbocycles. The van der Waals surface area contributed by atoms with Crippen LogP contribution in [0.25, 0.3) is 0 Å². The number of hydrogen-bond donors (Lipinski definition) is 2. The minimum atomic E-state index is -3.71. The van der Waals surface area contributed by atoms with Crippen LogP contribution >= 0.6 is 11.6 Å². The number of anilines is 2. The van der Waals surface area contributed by atoms with Crippen molar-refractivity contribution in [3.8, 4) is 0 Å². The number of benzene rings is 1. The summed E-state index contributed by atoms with van der Waals surface area (Å²) < 4.78 is 27.1. The van der Waals surface area contributed by atoms with Crippen LogP contribution in [0.5, 0.6) is 0 Å². The number of aromatic nitrogens is 2. The minimum Gasteiger partial charge on any atom is -0.364 e. The summed E-state index contributed by atoms with van der Waals surface area (Å²) in [6, 6.07) is 15.1. The summed E-state index contributed by atoms with van der Waals surface area (Å²) in [4.78, 5) is 8.50. The van der Waals surface area contributed by atoms with Gasteiger partial charge in [-0.25, -0.2) is 13.4 Å². The average Bonchev–Trinajstić information content (AvgIpc) is 2.62. The summed E-state index contributed by atoms with van der Waals surface area (Å²) in [5, 5.41) is 3.48. The zero-order valence-corrected chi connectivity index (χ0v) is 14.6. The summed E-state index contributed by atoms with van der Waals surface area (Å²) in [7, 11) is -3.71. The van der Waals surface area contributed by atoms with E-state index in [1.165, 1.54) is 18.3 Å². The molecule has 1 aromatic carbocycles. The van der Waals surface area contributed by atoms with Crippen LogP contribution in [0.2, 0.25) is 5.02 Å². The Kier molecular flexibility index (Phi) is 5.16. The van der Waals surface area contributed by atoms with Crippen molar-refractivity contribution in [2.45, 2.75) is 11.4 Å². The SMILES string of the molecule is O=S(=O)(Nc1ccc(NCc2ccccn2)nc1)c1cccc(Cl)c1. The summed E-state index contributed by atoms with van der Waals surface area (Å²) in [6.45, 7) is 0.529. The molecule has 3 rings (SSSR count). The molecule has 3 aromatic rings. The van der Waals surface area contributed by atoms with Crippen molar-refractivity contribution in [3.63, 3.8) is 0 Å². The molecule has 0 unspecified atom stereocenters. The zero-order valence-electron chi connectivity index (χ0n) is 13.1. The van der Waals surface area contributed by atoms with Crippen LogP contribution in [0.4, 0.5) is 11.5 Å². The van der Waals surface area contributed by atoms with Crippen molar-refractivity contribution in [2.75, 3.05) is 10.0 Å². The second kappa shape index (κ2) is 7.50. The molecule has 0 radical (unpaired) electrons. The standard InChI is InChI=1S/C17H15ClN4O2S/c18-13-4-3-6-16(10-13)25(23,24)22-15-7-8-17(21-12-15)20-11-14-5-1-2-9-19-14/h1-10,12,22H,11H2,(H,20,21). The number of hydrogen-bond acceptors (Lipinski definition) is 5. The molecule has 2 heterocycles. The first-order valence-corrected chi connectivity index (χ1v) is 9.27. The first kappa shape index (κ1) is 17.2. The van der Waals surface area contributed by atoms with Gasteiger partial charge in [0.2, 0.25) is 0 Å². The number of halogens is 1. The Balaban J connectivity index is 1.66. The van der Waals surface area contributed by atoms with Gasteiger partial charge in [0.25, 0.3) is 10.0 Å². The maximum atomic E-state index is 12.3. The maximum Gasteiger partial charge on any atom is 0.261 e. The van der Waals surface area contributed by atoms with Crippen LogP contribution in [-0.2, 0) is 16.6 Å². The van der Waals surface area contributed by atoms with E-state index in [1.807, 2.05) is 18.2 Å². The van der Waals surface area contributed by atoms with Gasteiger partial charge in [-0.05, 0) is 42.5 Å². The molecule has 2 N–H and O–H groups in total. The monoisotopic (exact) mass is 374 g/mol. The average molecular weight is 375 g/mol. The van der Waals surface area contributed by atoms with Crippen molar-refractivity contribution in [1.29, 1.82) is 0 Å². The number of nitrogens with one attached hydrogen (secondary N) is 2. The predicted octanol–water partition coefficient (Wildman–Crippen LogP) is 3.54. The van der Waals surface area contributed by atoms with Gasteiger partial charge in [0.05, 0.1) is 29.0 Å². The van der Waals surface area contributed by atoms with Crippen molar-refractivity contribution in [1.82, 2.24) is 9.97 Å². The quantitative estimate of drug-likeness (QED) is 0.689. The second-order valence-corrected chi connectivity index (χ2v) is 7.29. The first-order valence-electron chi connectivity index (χ1n) is 7.41. The lowest BCUT2D eigenvalue weighted by atomic mass is 10.3. The lowest BCUT2D eigenvalue weighted by Crippen LogP contribution is -2.13. The van der Waals surface area contributed by atoms with E-state index in [1.54, 1.807) is 30.5 Å². The molecule has 2 aromatic heterocycles. The third-order valence-electron chi connectivity index (χ3n) is 3.30. The van der Waals surface area contributed by atoms with E-state index in [4.69, 9.17) is 11.6 Å². The van der Waals surface area contributed by atoms with E-state index in [9.17, 15) is 8.42 Å². The van der Waals surface area contributed by atoms with Crippen LogP contribution < -0.4 is 10.0 Å². The molecule has 0 bridgehead atoms. The normalized spacial score (nSPS) is 11.1. The molecule has 6 nitrogen and oxygen atoms in total. The van der Waals surface area contributed by atoms with Gasteiger partial charge < -0.3 is 5.32 Å². The Bertz CT molecular complexity index is 948. The van der Waals surface area contributed by atoms with E-state index < -0.39 is 10.0 Å². The van der Waals surface area contributed by atoms with Gasteiger partial charge in [0.1, 0.15) is 5.82 Å². The molecular formula is C17H15ClN4O2S. The Labute approximate surface area is 151 Å². The predicted molar refractivity (Wildman–Crippen MR) is 98.1 cm³/mol. The van der Waals surface area contributed by atoms with Crippen LogP contribution in [0.3, 0.4) is 0 Å². The number of nitrogens with zero attached hydrogens (tertiary/aromatic N) is 2. The molecule has 0 amide bonds. The van der Waals surface area contributed by atoms with E-state index in [0.717, 1.165) is 5.69 Å². The van der Waals surface area contributed by atoms with Crippen LogP contribution in [0.1, 0.15) is 5.69 Å². The van der Waals surface area contributed by atoms with E-state index in [-0.39, 0.29) is 4.90 Å². The lowest BCUT2D eigenvalue weighted by molar-refractivity contribution is 0.601. The van der Waals surface area contributed by atoms with Crippen LogP contribution in [0.15, 0.2) is 71.9 Å². The molecule has 0 saturated carbocycles. The summed E-state index contributed by atoms with van der Waals surface area (Å²) in [5.74, 6) is 0.622. The summed E-state index contributed by atoms with van der Waals surface area (Å²) in [6.07, 6.45) is 3.17. The third kappa shape index (κ3) is 4.68. The maximum absolute atomic E-state index is 12.3. The van der Waals surface area contributed by atoms with Gasteiger partial charge in [0.15, 0.2) is 0 Å². The molecule has 25 heavy (non-hydrogen) atoms. The molecule has 128 valence electrons. The fourth-order valence-electron chi connectivity index (χ4n) is 2.09. The van der Waals surface area contributed by atoms with Gasteiger partial charge >= 0.3 is 0 Å². The number of rotatable bonds is 6. The second-order valence-electron chi connectivity index (χ2n) is 5.17. The van der Waals surface area contributed by atoms with Gasteiger partial charge in [-0.1, -0.05) is 23.7 Å². The molecule has 0 saturated heterocycles. The molecule has 0 aliphatic rings. The van der Waals surface area contributed by atoms with Gasteiger partial charge in [-0.2, -0.15) is 0 Å². The summed E-state index contributed by atoms with van der Waals surface area (Å²) >= 11 is 5.84. The van der Waals surface area contributed by atoms with Crippen LogP contribution in [0, 0.1) is 0 Å². The van der Waals surface area contributed by atoms with Crippen molar-refractivity contribution in [3.05, 3.63) is 77.7 Å². The zero-order chi connectivity index (χ0) is 17.7. The highest BCUT2D eigenvalue weighted by atomic mass is 35.5. The molecule has 0 atom stereocenters. The molecule has 0 spiro atoms. The minimum absolute atomic E-state index is 0.0948. The highest BCUT2D eigenvalue weighted by molar-refractivity contribution is 7.92. The molecular weight excluding hydrogens is 360 g/mol. The fraction of sp³-hybridized carbons (Fsp3) is 0.0588. The smallest absolute Gasteiger partial charge is 0.261 e. The number of sulfonamides is 1. The van der Waals surface area contributed by atoms with Crippen molar-refractivity contribution >= 4 is 33.1 Å². The summed E-state index contributed by atoms with van der Waals surface area (Å²) in [5.41, 5.74) is 1.25. The highest BCUT2D eigenvalue weighted by Gasteiger charge is 2.14. The van der Waals surface area contributed by atoms with Gasteiger partial charge in [0, 0.05) is 11.2 Å². The number of pyridine rings is 2. The van der Waals surface area contributed by atoms with Crippen molar-refractivity contribution < 1.29 is 8.42 Å². The van der Waals surface area contributed by atoms with E-state index in [0.29, 0.717) is 23.1 Å². The fourth-order valence-corrected chi connectivity index (χ4v) is 3.43. The first-order chi connectivity index (χ1) is 12.0. The Morgan fingerprint density at radius 3 is 2.56 bits per heavy atom. The lowest BCUT2D eigenvalue weighted by Gasteiger charge is -2.09. The van der Waals surface area contributed by atoms with Crippen LogP contribution in [-0.4, -0.2) is 18.4 Å². The largest absolute Gasteiger partial charge is 0.364 e. The topological polar surface area (TPSA) is 84.0 Å². The van der Waals surface area contributed by atoms with E-state index >= 15 is 0 Å². The third-order valence-corrected chi connectivity index (χ3v) is 4.91. The molecule has 0 fully saturated rings. The van der Waals surface area contributed by atoms with Gasteiger partial charge in [-0.3, -0.25) is 9.71 Å². The molecule has 8 heteroatoms. The Hall–Kier alpha value is -2.64. The Morgan fingerprint density at radius 2 is 1.88 bits per heavy atom.